The zero-order valence-electron chi connectivity index (χ0n) is 9.90. The highest BCUT2D eigenvalue weighted by atomic mass is 16.5. The Balaban J connectivity index is 4.32. The van der Waals surface area contributed by atoms with E-state index in [-0.39, 0.29) is 11.8 Å². The first kappa shape index (κ1) is 14.1. The number of ether oxygens (including phenoxy) is 1. The van der Waals surface area contributed by atoms with Crippen LogP contribution in [0, 0.1) is 5.92 Å². The van der Waals surface area contributed by atoms with Gasteiger partial charge in [-0.2, -0.15) is 0 Å². The maximum Gasteiger partial charge on any atom is 0.240 e. The van der Waals surface area contributed by atoms with Crippen LogP contribution < -0.4 is 5.73 Å². The second-order valence-electron chi connectivity index (χ2n) is 3.84. The lowest BCUT2D eigenvalue weighted by Crippen LogP contribution is -2.47. The Morgan fingerprint density at radius 3 is 2.60 bits per heavy atom. The quantitative estimate of drug-likeness (QED) is 0.632. The van der Waals surface area contributed by atoms with Gasteiger partial charge in [-0.1, -0.05) is 19.9 Å². The molecule has 4 heteroatoms. The van der Waals surface area contributed by atoms with Gasteiger partial charge in [0.05, 0.1) is 12.6 Å². The minimum atomic E-state index is -0.443. The lowest BCUT2D eigenvalue weighted by molar-refractivity contribution is -0.133. The Kier molecular flexibility index (Phi) is 6.99. The molecule has 0 spiro atoms. The van der Waals surface area contributed by atoms with E-state index >= 15 is 0 Å². The number of amides is 1. The van der Waals surface area contributed by atoms with E-state index in [0.29, 0.717) is 19.7 Å². The standard InChI is InChI=1S/C11H22N2O2/c1-5-6-13(7-8-15-4)11(14)10(12)9(2)3/h5,9-10H,1,6-8,12H2,2-4H3/t10-/m0/s1. The van der Waals surface area contributed by atoms with Gasteiger partial charge >= 0.3 is 0 Å². The molecule has 0 fully saturated rings. The summed E-state index contributed by atoms with van der Waals surface area (Å²) >= 11 is 0. The topological polar surface area (TPSA) is 55.6 Å². The molecule has 1 amide bonds. The molecule has 0 aliphatic rings. The van der Waals surface area contributed by atoms with Gasteiger partial charge in [0.1, 0.15) is 0 Å². The minimum absolute atomic E-state index is 0.0399. The maximum atomic E-state index is 11.9. The summed E-state index contributed by atoms with van der Waals surface area (Å²) in [5.74, 6) is 0.106. The van der Waals surface area contributed by atoms with Crippen molar-refractivity contribution in [2.45, 2.75) is 19.9 Å². The summed E-state index contributed by atoms with van der Waals surface area (Å²) in [6.07, 6.45) is 1.70. The first-order valence-corrected chi connectivity index (χ1v) is 5.18. The van der Waals surface area contributed by atoms with Crippen molar-refractivity contribution in [2.75, 3.05) is 26.8 Å². The molecule has 0 heterocycles. The monoisotopic (exact) mass is 214 g/mol. The third-order valence-corrected chi connectivity index (χ3v) is 2.23. The van der Waals surface area contributed by atoms with E-state index in [1.807, 2.05) is 13.8 Å². The molecule has 0 aliphatic carbocycles. The first-order chi connectivity index (χ1) is 7.04. The highest BCUT2D eigenvalue weighted by Gasteiger charge is 2.22. The summed E-state index contributed by atoms with van der Waals surface area (Å²) in [6, 6.07) is -0.443. The van der Waals surface area contributed by atoms with Gasteiger partial charge in [0, 0.05) is 20.2 Å². The van der Waals surface area contributed by atoms with Gasteiger partial charge in [-0.3, -0.25) is 4.79 Å². The molecule has 0 rings (SSSR count). The van der Waals surface area contributed by atoms with Crippen molar-refractivity contribution in [3.63, 3.8) is 0 Å². The number of nitrogens with two attached hydrogens (primary N) is 1. The van der Waals surface area contributed by atoms with Gasteiger partial charge in [-0.05, 0) is 5.92 Å². The van der Waals surface area contributed by atoms with Crippen LogP contribution in [0.4, 0.5) is 0 Å². The highest BCUT2D eigenvalue weighted by Crippen LogP contribution is 2.03. The number of methoxy groups -OCH3 is 1. The summed E-state index contributed by atoms with van der Waals surface area (Å²) in [6.45, 7) is 9.08. The summed E-state index contributed by atoms with van der Waals surface area (Å²) in [5, 5.41) is 0. The van der Waals surface area contributed by atoms with E-state index in [4.69, 9.17) is 10.5 Å². The van der Waals surface area contributed by atoms with Gasteiger partial charge in [0.2, 0.25) is 5.91 Å². The van der Waals surface area contributed by atoms with E-state index in [0.717, 1.165) is 0 Å². The average molecular weight is 214 g/mol. The molecule has 0 aliphatic heterocycles. The van der Waals surface area contributed by atoms with Crippen LogP contribution in [0.15, 0.2) is 12.7 Å². The summed E-state index contributed by atoms with van der Waals surface area (Å²) < 4.78 is 4.94. The predicted molar refractivity (Wildman–Crippen MR) is 61.5 cm³/mol. The molecule has 0 aromatic heterocycles. The molecule has 0 aromatic carbocycles. The van der Waals surface area contributed by atoms with E-state index in [1.54, 1.807) is 18.1 Å². The molecule has 4 nitrogen and oxygen atoms in total. The van der Waals surface area contributed by atoms with Crippen LogP contribution in [0.25, 0.3) is 0 Å². The highest BCUT2D eigenvalue weighted by molar-refractivity contribution is 5.82. The van der Waals surface area contributed by atoms with E-state index in [2.05, 4.69) is 6.58 Å². The summed E-state index contributed by atoms with van der Waals surface area (Å²) in [5.41, 5.74) is 5.80. The van der Waals surface area contributed by atoms with Crippen LogP contribution in [0.5, 0.6) is 0 Å². The molecular weight excluding hydrogens is 192 g/mol. The molecule has 0 radical (unpaired) electrons. The van der Waals surface area contributed by atoms with Crippen LogP contribution >= 0.6 is 0 Å². The second kappa shape index (κ2) is 7.43. The number of hydrogen-bond acceptors (Lipinski definition) is 3. The molecule has 2 N–H and O–H groups in total. The Morgan fingerprint density at radius 1 is 1.60 bits per heavy atom. The van der Waals surface area contributed by atoms with E-state index in [1.165, 1.54) is 0 Å². The Morgan fingerprint density at radius 2 is 2.20 bits per heavy atom. The SMILES string of the molecule is C=CCN(CCOC)C(=O)[C@@H](N)C(C)C. The third kappa shape index (κ3) is 4.95. The molecule has 0 unspecified atom stereocenters. The Hall–Kier alpha value is -0.870. The first-order valence-electron chi connectivity index (χ1n) is 5.18. The van der Waals surface area contributed by atoms with Crippen molar-refractivity contribution in [1.82, 2.24) is 4.90 Å². The van der Waals surface area contributed by atoms with Gasteiger partial charge in [0.25, 0.3) is 0 Å². The van der Waals surface area contributed by atoms with Gasteiger partial charge < -0.3 is 15.4 Å². The molecule has 88 valence electrons. The van der Waals surface area contributed by atoms with Crippen molar-refractivity contribution >= 4 is 5.91 Å². The Labute approximate surface area is 92.1 Å². The van der Waals surface area contributed by atoms with Crippen LogP contribution in [-0.4, -0.2) is 43.7 Å². The number of nitrogens with zero attached hydrogens (tertiary/aromatic N) is 1. The van der Waals surface area contributed by atoms with E-state index < -0.39 is 6.04 Å². The van der Waals surface area contributed by atoms with Crippen LogP contribution in [-0.2, 0) is 9.53 Å². The molecule has 0 saturated carbocycles. The number of hydrogen-bond donors (Lipinski definition) is 1. The normalized spacial score (nSPS) is 12.6. The van der Waals surface area contributed by atoms with Crippen molar-refractivity contribution in [2.24, 2.45) is 11.7 Å². The smallest absolute Gasteiger partial charge is 0.240 e. The predicted octanol–water partition coefficient (Wildman–Crippen LogP) is 0.631. The molecule has 0 bridgehead atoms. The van der Waals surface area contributed by atoms with Gasteiger partial charge in [0.15, 0.2) is 0 Å². The zero-order chi connectivity index (χ0) is 11.8. The maximum absolute atomic E-state index is 11.9. The summed E-state index contributed by atoms with van der Waals surface area (Å²) in [4.78, 5) is 13.5. The fourth-order valence-corrected chi connectivity index (χ4v) is 1.14. The molecular formula is C11H22N2O2. The van der Waals surface area contributed by atoms with Crippen LogP contribution in [0.3, 0.4) is 0 Å². The fraction of sp³-hybridized carbons (Fsp3) is 0.727. The lowest BCUT2D eigenvalue weighted by Gasteiger charge is -2.25. The van der Waals surface area contributed by atoms with Gasteiger partial charge in [-0.15, -0.1) is 6.58 Å². The van der Waals surface area contributed by atoms with Crippen molar-refractivity contribution < 1.29 is 9.53 Å². The average Bonchev–Trinajstić information content (AvgIpc) is 2.22. The molecule has 15 heavy (non-hydrogen) atoms. The van der Waals surface area contributed by atoms with Gasteiger partial charge in [-0.25, -0.2) is 0 Å². The van der Waals surface area contributed by atoms with Crippen LogP contribution in [0.1, 0.15) is 13.8 Å². The lowest BCUT2D eigenvalue weighted by atomic mass is 10.0. The largest absolute Gasteiger partial charge is 0.383 e. The number of rotatable bonds is 7. The third-order valence-electron chi connectivity index (χ3n) is 2.23. The van der Waals surface area contributed by atoms with Crippen molar-refractivity contribution in [1.29, 1.82) is 0 Å². The van der Waals surface area contributed by atoms with Crippen molar-refractivity contribution in [3.8, 4) is 0 Å². The number of carbonyl (C=O) groups excluding carboxylic acids is 1. The zero-order valence-corrected chi connectivity index (χ0v) is 9.90. The molecule has 0 aromatic rings. The summed E-state index contributed by atoms with van der Waals surface area (Å²) in [7, 11) is 1.61. The van der Waals surface area contributed by atoms with Crippen molar-refractivity contribution in [3.05, 3.63) is 12.7 Å². The molecule has 0 saturated heterocycles. The Bertz CT molecular complexity index is 205. The minimum Gasteiger partial charge on any atom is -0.383 e. The van der Waals surface area contributed by atoms with Crippen LogP contribution in [0.2, 0.25) is 0 Å². The molecule has 1 atom stereocenters. The number of carbonyl (C=O) groups is 1. The van der Waals surface area contributed by atoms with E-state index in [9.17, 15) is 4.79 Å². The second-order valence-corrected chi connectivity index (χ2v) is 3.84. The fourth-order valence-electron chi connectivity index (χ4n) is 1.14.